The molecule has 0 aromatic carbocycles. The quantitative estimate of drug-likeness (QED) is 0.771. The molecule has 0 saturated carbocycles. The van der Waals surface area contributed by atoms with Gasteiger partial charge in [-0.2, -0.15) is 0 Å². The molecule has 1 aromatic heterocycles. The van der Waals surface area contributed by atoms with Crippen molar-refractivity contribution in [1.29, 1.82) is 0 Å². The number of rotatable bonds is 5. The summed E-state index contributed by atoms with van der Waals surface area (Å²) in [6.45, 7) is 6.33. The molecule has 1 saturated heterocycles. The van der Waals surface area contributed by atoms with Crippen LogP contribution in [0.1, 0.15) is 12.1 Å². The van der Waals surface area contributed by atoms with Gasteiger partial charge in [0, 0.05) is 38.1 Å². The van der Waals surface area contributed by atoms with Crippen LogP contribution in [0.2, 0.25) is 0 Å². The summed E-state index contributed by atoms with van der Waals surface area (Å²) in [6.07, 6.45) is 1.20. The smallest absolute Gasteiger partial charge is 0.213 e. The average molecular weight is 284 g/mol. The lowest BCUT2D eigenvalue weighted by Crippen LogP contribution is -2.31. The summed E-state index contributed by atoms with van der Waals surface area (Å²) in [4.78, 5) is 9.36. The predicted molar refractivity (Wildman–Crippen MR) is 77.8 cm³/mol. The number of hydrogen-bond donors (Lipinski definition) is 0. The Kier molecular flexibility index (Phi) is 5.89. The van der Waals surface area contributed by atoms with E-state index in [1.54, 1.807) is 7.11 Å². The van der Waals surface area contributed by atoms with Crippen molar-refractivity contribution in [3.05, 3.63) is 23.9 Å². The van der Waals surface area contributed by atoms with Crippen LogP contribution in [0, 0.1) is 0 Å². The molecule has 1 aliphatic rings. The normalized spacial score (nSPS) is 18.2. The first-order valence-corrected chi connectivity index (χ1v) is 7.36. The summed E-state index contributed by atoms with van der Waals surface area (Å²) in [7, 11) is 1.65. The molecule has 0 spiro atoms. The maximum absolute atomic E-state index is 5.81. The van der Waals surface area contributed by atoms with E-state index in [-0.39, 0.29) is 0 Å². The second-order valence-corrected chi connectivity index (χ2v) is 5.21. The van der Waals surface area contributed by atoms with Gasteiger partial charge in [-0.15, -0.1) is 11.6 Å². The van der Waals surface area contributed by atoms with E-state index in [1.165, 1.54) is 6.42 Å². The molecule has 0 radical (unpaired) electrons. The molecule has 1 fully saturated rings. The Morgan fingerprint density at radius 1 is 1.21 bits per heavy atom. The number of ether oxygens (including phenoxy) is 1. The maximum atomic E-state index is 5.81. The molecule has 0 N–H and O–H groups in total. The van der Waals surface area contributed by atoms with Crippen LogP contribution in [0.4, 0.5) is 0 Å². The number of nitrogens with zero attached hydrogens (tertiary/aromatic N) is 3. The summed E-state index contributed by atoms with van der Waals surface area (Å²) < 4.78 is 5.17. The fraction of sp³-hybridized carbons (Fsp3) is 0.643. The molecular formula is C14H22ClN3O. The molecular weight excluding hydrogens is 262 g/mol. The molecule has 5 heteroatoms. The Hall–Kier alpha value is -0.840. The van der Waals surface area contributed by atoms with Gasteiger partial charge >= 0.3 is 0 Å². The third-order valence-electron chi connectivity index (χ3n) is 3.46. The minimum Gasteiger partial charge on any atom is -0.481 e. The highest BCUT2D eigenvalue weighted by molar-refractivity contribution is 6.18. The fourth-order valence-electron chi connectivity index (χ4n) is 2.41. The van der Waals surface area contributed by atoms with Crippen molar-refractivity contribution >= 4 is 11.6 Å². The first-order chi connectivity index (χ1) is 9.31. The van der Waals surface area contributed by atoms with Gasteiger partial charge in [0.1, 0.15) is 0 Å². The van der Waals surface area contributed by atoms with Crippen molar-refractivity contribution in [2.75, 3.05) is 45.7 Å². The van der Waals surface area contributed by atoms with Crippen LogP contribution in [0.25, 0.3) is 0 Å². The summed E-state index contributed by atoms with van der Waals surface area (Å²) in [6, 6.07) is 5.94. The number of hydrogen-bond acceptors (Lipinski definition) is 4. The van der Waals surface area contributed by atoms with Gasteiger partial charge in [-0.05, 0) is 25.6 Å². The third kappa shape index (κ3) is 4.64. The molecule has 1 aliphatic heterocycles. The summed E-state index contributed by atoms with van der Waals surface area (Å²) >= 11 is 5.81. The van der Waals surface area contributed by atoms with E-state index >= 15 is 0 Å². The number of pyridine rings is 1. The molecule has 0 aliphatic carbocycles. The molecule has 2 heterocycles. The molecule has 4 nitrogen and oxygen atoms in total. The van der Waals surface area contributed by atoms with Crippen LogP contribution < -0.4 is 4.74 Å². The lowest BCUT2D eigenvalue weighted by Gasteiger charge is -2.20. The van der Waals surface area contributed by atoms with Crippen LogP contribution in [0.5, 0.6) is 5.88 Å². The third-order valence-corrected chi connectivity index (χ3v) is 3.63. The molecule has 106 valence electrons. The Morgan fingerprint density at radius 2 is 2.00 bits per heavy atom. The Morgan fingerprint density at radius 3 is 2.79 bits per heavy atom. The lowest BCUT2D eigenvalue weighted by atomic mass is 10.3. The zero-order chi connectivity index (χ0) is 13.5. The van der Waals surface area contributed by atoms with Crippen molar-refractivity contribution in [1.82, 2.24) is 14.8 Å². The van der Waals surface area contributed by atoms with Crippen LogP contribution >= 0.6 is 11.6 Å². The van der Waals surface area contributed by atoms with Crippen molar-refractivity contribution in [3.63, 3.8) is 0 Å². The Bertz CT molecular complexity index is 389. The van der Waals surface area contributed by atoms with Crippen molar-refractivity contribution in [3.8, 4) is 5.88 Å². The number of methoxy groups -OCH3 is 1. The van der Waals surface area contributed by atoms with Crippen molar-refractivity contribution in [2.24, 2.45) is 0 Å². The van der Waals surface area contributed by atoms with Gasteiger partial charge in [-0.25, -0.2) is 4.98 Å². The van der Waals surface area contributed by atoms with Gasteiger partial charge in [-0.1, -0.05) is 6.07 Å². The average Bonchev–Trinajstić information content (AvgIpc) is 2.65. The molecule has 19 heavy (non-hydrogen) atoms. The second kappa shape index (κ2) is 7.68. The van der Waals surface area contributed by atoms with Gasteiger partial charge < -0.3 is 9.64 Å². The monoisotopic (exact) mass is 283 g/mol. The van der Waals surface area contributed by atoms with E-state index in [0.29, 0.717) is 5.88 Å². The van der Waals surface area contributed by atoms with Gasteiger partial charge in [0.05, 0.1) is 12.8 Å². The van der Waals surface area contributed by atoms with E-state index in [0.717, 1.165) is 50.8 Å². The number of alkyl halides is 1. The number of aromatic nitrogens is 1. The van der Waals surface area contributed by atoms with Gasteiger partial charge in [0.2, 0.25) is 5.88 Å². The van der Waals surface area contributed by atoms with Crippen LogP contribution in [0.15, 0.2) is 18.2 Å². The largest absolute Gasteiger partial charge is 0.481 e. The highest BCUT2D eigenvalue weighted by Crippen LogP contribution is 2.11. The minimum absolute atomic E-state index is 0.691. The summed E-state index contributed by atoms with van der Waals surface area (Å²) in [5.41, 5.74) is 1.07. The molecule has 2 rings (SSSR count). The first-order valence-electron chi connectivity index (χ1n) is 6.82. The Balaban J connectivity index is 1.88. The van der Waals surface area contributed by atoms with Gasteiger partial charge in [-0.3, -0.25) is 4.90 Å². The zero-order valence-corrected chi connectivity index (χ0v) is 12.3. The maximum Gasteiger partial charge on any atom is 0.213 e. The Labute approximate surface area is 120 Å². The summed E-state index contributed by atoms with van der Waals surface area (Å²) in [5.74, 6) is 1.41. The van der Waals surface area contributed by atoms with E-state index in [1.807, 2.05) is 12.1 Å². The summed E-state index contributed by atoms with van der Waals surface area (Å²) in [5, 5.41) is 0. The molecule has 0 atom stereocenters. The second-order valence-electron chi connectivity index (χ2n) is 4.83. The van der Waals surface area contributed by atoms with E-state index in [2.05, 4.69) is 20.9 Å². The van der Waals surface area contributed by atoms with E-state index in [4.69, 9.17) is 16.3 Å². The standard InChI is InChI=1S/C14H22ClN3O/c1-19-14-5-2-4-13(16-14)12-18-8-3-7-17(9-6-15)10-11-18/h2,4-5H,3,6-12H2,1H3. The molecule has 1 aromatic rings. The van der Waals surface area contributed by atoms with E-state index in [9.17, 15) is 0 Å². The molecule has 0 bridgehead atoms. The molecule has 0 unspecified atom stereocenters. The van der Waals surface area contributed by atoms with Crippen molar-refractivity contribution < 1.29 is 4.74 Å². The van der Waals surface area contributed by atoms with Crippen LogP contribution in [-0.4, -0.2) is 60.5 Å². The topological polar surface area (TPSA) is 28.6 Å². The first kappa shape index (κ1) is 14.6. The molecule has 0 amide bonds. The van der Waals surface area contributed by atoms with E-state index < -0.39 is 0 Å². The fourth-order valence-corrected chi connectivity index (χ4v) is 2.65. The lowest BCUT2D eigenvalue weighted by molar-refractivity contribution is 0.255. The minimum atomic E-state index is 0.691. The van der Waals surface area contributed by atoms with Gasteiger partial charge in [0.25, 0.3) is 0 Å². The van der Waals surface area contributed by atoms with Crippen LogP contribution in [-0.2, 0) is 6.54 Å². The predicted octanol–water partition coefficient (Wildman–Crippen LogP) is 1.84. The highest BCUT2D eigenvalue weighted by Gasteiger charge is 2.14. The zero-order valence-electron chi connectivity index (χ0n) is 11.5. The number of halogens is 1. The SMILES string of the molecule is COc1cccc(CN2CCCN(CCCl)CC2)n1. The van der Waals surface area contributed by atoms with Gasteiger partial charge in [0.15, 0.2) is 0 Å². The van der Waals surface area contributed by atoms with Crippen molar-refractivity contribution in [2.45, 2.75) is 13.0 Å². The highest BCUT2D eigenvalue weighted by atomic mass is 35.5. The van der Waals surface area contributed by atoms with Crippen LogP contribution in [0.3, 0.4) is 0 Å².